The Kier molecular flexibility index (Phi) is 5.90. The molecule has 0 aromatic heterocycles. The topological polar surface area (TPSA) is 79.9 Å². The molecule has 7 nitrogen and oxygen atoms in total. The number of methoxy groups -OCH3 is 1. The molecule has 2 aromatic rings. The first-order chi connectivity index (χ1) is 14.6. The third-order valence-electron chi connectivity index (χ3n) is 6.02. The Balaban J connectivity index is 1.49. The summed E-state index contributed by atoms with van der Waals surface area (Å²) in [5, 5.41) is 5.90. The molecule has 0 bridgehead atoms. The molecule has 2 heterocycles. The Hall–Kier alpha value is -3.06. The van der Waals surface area contributed by atoms with Gasteiger partial charge in [-0.2, -0.15) is 0 Å². The molecule has 2 saturated heterocycles. The molecule has 0 spiro atoms. The highest BCUT2D eigenvalue weighted by molar-refractivity contribution is 5.98. The van der Waals surface area contributed by atoms with Gasteiger partial charge in [0.1, 0.15) is 5.75 Å². The summed E-state index contributed by atoms with van der Waals surface area (Å²) >= 11 is 0. The highest BCUT2D eigenvalue weighted by Crippen LogP contribution is 2.35. The van der Waals surface area contributed by atoms with Crippen LogP contribution in [0.1, 0.15) is 28.8 Å². The van der Waals surface area contributed by atoms with E-state index in [0.717, 1.165) is 24.3 Å². The number of ether oxygens (including phenoxy) is 2. The number of amides is 3. The van der Waals surface area contributed by atoms with Gasteiger partial charge in [-0.3, -0.25) is 9.69 Å². The second-order valence-electron chi connectivity index (χ2n) is 7.74. The number of anilines is 1. The van der Waals surface area contributed by atoms with Gasteiger partial charge in [-0.1, -0.05) is 18.2 Å². The van der Waals surface area contributed by atoms with Crippen LogP contribution in [0.15, 0.2) is 48.5 Å². The lowest BCUT2D eigenvalue weighted by molar-refractivity contribution is 0.0487. The van der Waals surface area contributed by atoms with E-state index in [1.165, 1.54) is 5.56 Å². The van der Waals surface area contributed by atoms with Gasteiger partial charge in [-0.05, 0) is 48.7 Å². The summed E-state index contributed by atoms with van der Waals surface area (Å²) in [7, 11) is 1.65. The van der Waals surface area contributed by atoms with Crippen LogP contribution in [-0.2, 0) is 10.2 Å². The standard InChI is InChI=1S/C23H27N3O4/c1-29-20-7-5-18(6-8-20)23(9-13-30-14-10-23)16-25-21(27)17-3-2-4-19(15-17)26-12-11-24-22(26)28/h2-8,15H,9-14,16H2,1H3,(H,24,28)(H,25,27). The van der Waals surface area contributed by atoms with Gasteiger partial charge in [-0.15, -0.1) is 0 Å². The summed E-state index contributed by atoms with van der Waals surface area (Å²) in [6.07, 6.45) is 1.68. The third kappa shape index (κ3) is 4.11. The number of carbonyl (C=O) groups is 2. The second-order valence-corrected chi connectivity index (χ2v) is 7.74. The van der Waals surface area contributed by atoms with E-state index < -0.39 is 0 Å². The fourth-order valence-electron chi connectivity index (χ4n) is 4.16. The van der Waals surface area contributed by atoms with Crippen molar-refractivity contribution < 1.29 is 19.1 Å². The molecule has 7 heteroatoms. The van der Waals surface area contributed by atoms with Crippen molar-refractivity contribution in [2.45, 2.75) is 18.3 Å². The molecule has 2 aromatic carbocycles. The third-order valence-corrected chi connectivity index (χ3v) is 6.02. The maximum absolute atomic E-state index is 12.9. The van der Waals surface area contributed by atoms with Crippen LogP contribution >= 0.6 is 0 Å². The second kappa shape index (κ2) is 8.75. The van der Waals surface area contributed by atoms with Crippen LogP contribution in [0.5, 0.6) is 5.75 Å². The summed E-state index contributed by atoms with van der Waals surface area (Å²) in [5.74, 6) is 0.670. The zero-order valence-corrected chi connectivity index (χ0v) is 17.1. The van der Waals surface area contributed by atoms with Crippen molar-refractivity contribution in [1.29, 1.82) is 0 Å². The molecule has 0 unspecified atom stereocenters. The van der Waals surface area contributed by atoms with Gasteiger partial charge < -0.3 is 20.1 Å². The molecular weight excluding hydrogens is 382 g/mol. The highest BCUT2D eigenvalue weighted by Gasteiger charge is 2.35. The number of benzene rings is 2. The minimum absolute atomic E-state index is 0.131. The van der Waals surface area contributed by atoms with E-state index in [1.54, 1.807) is 24.1 Å². The first-order valence-electron chi connectivity index (χ1n) is 10.3. The molecule has 0 radical (unpaired) electrons. The summed E-state index contributed by atoms with van der Waals surface area (Å²) in [4.78, 5) is 26.5. The molecule has 2 N–H and O–H groups in total. The zero-order valence-electron chi connectivity index (χ0n) is 17.1. The van der Waals surface area contributed by atoms with E-state index in [9.17, 15) is 9.59 Å². The van der Waals surface area contributed by atoms with Crippen LogP contribution in [0.4, 0.5) is 10.5 Å². The molecule has 0 saturated carbocycles. The van der Waals surface area contributed by atoms with E-state index in [4.69, 9.17) is 9.47 Å². The van der Waals surface area contributed by atoms with Crippen LogP contribution in [0, 0.1) is 0 Å². The molecule has 2 aliphatic rings. The van der Waals surface area contributed by atoms with Crippen molar-refractivity contribution in [2.75, 3.05) is 44.9 Å². The Morgan fingerprint density at radius 1 is 1.20 bits per heavy atom. The highest BCUT2D eigenvalue weighted by atomic mass is 16.5. The van der Waals surface area contributed by atoms with Crippen LogP contribution in [0.3, 0.4) is 0 Å². The van der Waals surface area contributed by atoms with Gasteiger partial charge in [0.15, 0.2) is 0 Å². The summed E-state index contributed by atoms with van der Waals surface area (Å²) in [6, 6.07) is 15.1. The molecule has 30 heavy (non-hydrogen) atoms. The van der Waals surface area contributed by atoms with Crippen LogP contribution in [0.25, 0.3) is 0 Å². The normalized spacial score (nSPS) is 18.0. The molecule has 2 fully saturated rings. The Bertz CT molecular complexity index is 907. The maximum atomic E-state index is 12.9. The molecular formula is C23H27N3O4. The smallest absolute Gasteiger partial charge is 0.321 e. The van der Waals surface area contributed by atoms with Gasteiger partial charge in [0, 0.05) is 49.5 Å². The van der Waals surface area contributed by atoms with Crippen LogP contribution in [-0.4, -0.2) is 51.9 Å². The van der Waals surface area contributed by atoms with Crippen LogP contribution < -0.4 is 20.3 Å². The minimum Gasteiger partial charge on any atom is -0.497 e. The first kappa shape index (κ1) is 20.2. The van der Waals surface area contributed by atoms with Gasteiger partial charge in [0.2, 0.25) is 0 Å². The van der Waals surface area contributed by atoms with Crippen molar-refractivity contribution in [3.63, 3.8) is 0 Å². The van der Waals surface area contributed by atoms with Crippen LogP contribution in [0.2, 0.25) is 0 Å². The first-order valence-corrected chi connectivity index (χ1v) is 10.3. The largest absolute Gasteiger partial charge is 0.497 e. The fraction of sp³-hybridized carbons (Fsp3) is 0.391. The Labute approximate surface area is 176 Å². The molecule has 3 amide bonds. The number of urea groups is 1. The monoisotopic (exact) mass is 409 g/mol. The van der Waals surface area contributed by atoms with E-state index in [0.29, 0.717) is 38.4 Å². The fourth-order valence-corrected chi connectivity index (χ4v) is 4.16. The van der Waals surface area contributed by atoms with E-state index >= 15 is 0 Å². The lowest BCUT2D eigenvalue weighted by Gasteiger charge is -2.38. The van der Waals surface area contributed by atoms with Gasteiger partial charge in [0.25, 0.3) is 5.91 Å². The summed E-state index contributed by atoms with van der Waals surface area (Å²) in [5.41, 5.74) is 2.28. The van der Waals surface area contributed by atoms with Gasteiger partial charge >= 0.3 is 6.03 Å². The number of nitrogens with zero attached hydrogens (tertiary/aromatic N) is 1. The number of rotatable bonds is 6. The average molecular weight is 409 g/mol. The van der Waals surface area contributed by atoms with Crippen molar-refractivity contribution in [1.82, 2.24) is 10.6 Å². The lowest BCUT2D eigenvalue weighted by Crippen LogP contribution is -2.44. The number of nitrogens with one attached hydrogen (secondary N) is 2. The van der Waals surface area contributed by atoms with E-state index in [-0.39, 0.29) is 17.4 Å². The van der Waals surface area contributed by atoms with E-state index in [2.05, 4.69) is 22.8 Å². The number of hydrogen-bond acceptors (Lipinski definition) is 4. The molecule has 158 valence electrons. The van der Waals surface area contributed by atoms with Crippen molar-refractivity contribution in [2.24, 2.45) is 0 Å². The quantitative estimate of drug-likeness (QED) is 0.769. The molecule has 0 aliphatic carbocycles. The predicted octanol–water partition coefficient (Wildman–Crippen LogP) is 2.70. The Morgan fingerprint density at radius 2 is 1.97 bits per heavy atom. The van der Waals surface area contributed by atoms with Gasteiger partial charge in [0.05, 0.1) is 7.11 Å². The number of hydrogen-bond donors (Lipinski definition) is 2. The average Bonchev–Trinajstić information content (AvgIpc) is 3.24. The SMILES string of the molecule is COc1ccc(C2(CNC(=O)c3cccc(N4CCNC4=O)c3)CCOCC2)cc1. The minimum atomic E-state index is -0.174. The van der Waals surface area contributed by atoms with Gasteiger partial charge in [-0.25, -0.2) is 4.79 Å². The zero-order chi connectivity index (χ0) is 21.0. The van der Waals surface area contributed by atoms with Crippen molar-refractivity contribution in [3.8, 4) is 5.75 Å². The summed E-state index contributed by atoms with van der Waals surface area (Å²) < 4.78 is 10.9. The molecule has 2 aliphatic heterocycles. The predicted molar refractivity (Wildman–Crippen MR) is 114 cm³/mol. The Morgan fingerprint density at radius 3 is 2.63 bits per heavy atom. The maximum Gasteiger partial charge on any atom is 0.321 e. The van der Waals surface area contributed by atoms with Crippen molar-refractivity contribution >= 4 is 17.6 Å². The van der Waals surface area contributed by atoms with E-state index in [1.807, 2.05) is 24.3 Å². The summed E-state index contributed by atoms with van der Waals surface area (Å²) in [6.45, 7) is 3.07. The molecule has 4 rings (SSSR count). The van der Waals surface area contributed by atoms with Crippen molar-refractivity contribution in [3.05, 3.63) is 59.7 Å². The molecule has 0 atom stereocenters. The lowest BCUT2D eigenvalue weighted by atomic mass is 9.74. The number of carbonyl (C=O) groups excluding carboxylic acids is 2.